The summed E-state index contributed by atoms with van der Waals surface area (Å²) in [5, 5.41) is 7.01. The number of aromatic amines is 2. The maximum absolute atomic E-state index is 12.0. The molecule has 0 unspecified atom stereocenters. The SMILES string of the molecule is O=C(NCCn1nc2c(cc1=O)CCCC2)c1c[nH]c(=O)[nH]1. The maximum atomic E-state index is 12.0. The molecule has 2 aromatic heterocycles. The summed E-state index contributed by atoms with van der Waals surface area (Å²) in [6, 6.07) is 1.65. The minimum Gasteiger partial charge on any atom is -0.349 e. The van der Waals surface area contributed by atoms with Gasteiger partial charge in [0, 0.05) is 18.8 Å². The maximum Gasteiger partial charge on any atom is 0.323 e. The van der Waals surface area contributed by atoms with Gasteiger partial charge < -0.3 is 15.3 Å². The Morgan fingerprint density at radius 2 is 2.14 bits per heavy atom. The van der Waals surface area contributed by atoms with E-state index >= 15 is 0 Å². The zero-order valence-electron chi connectivity index (χ0n) is 12.0. The molecule has 0 saturated heterocycles. The van der Waals surface area contributed by atoms with Gasteiger partial charge in [0.15, 0.2) is 0 Å². The molecule has 2 heterocycles. The van der Waals surface area contributed by atoms with E-state index in [1.807, 2.05) is 0 Å². The number of carbonyl (C=O) groups is 1. The fourth-order valence-corrected chi connectivity index (χ4v) is 2.59. The quantitative estimate of drug-likeness (QED) is 0.711. The smallest absolute Gasteiger partial charge is 0.323 e. The van der Waals surface area contributed by atoms with Crippen LogP contribution in [0, 0.1) is 0 Å². The molecule has 116 valence electrons. The molecule has 3 rings (SSSR count). The van der Waals surface area contributed by atoms with Crippen molar-refractivity contribution in [2.24, 2.45) is 0 Å². The summed E-state index contributed by atoms with van der Waals surface area (Å²) >= 11 is 0. The van der Waals surface area contributed by atoms with Gasteiger partial charge in [0.25, 0.3) is 11.5 Å². The predicted octanol–water partition coefficient (Wildman–Crippen LogP) is -0.432. The van der Waals surface area contributed by atoms with Crippen molar-refractivity contribution in [3.63, 3.8) is 0 Å². The van der Waals surface area contributed by atoms with Crippen molar-refractivity contribution in [1.29, 1.82) is 0 Å². The summed E-state index contributed by atoms with van der Waals surface area (Å²) in [5.41, 5.74) is 1.60. The number of aromatic nitrogens is 4. The highest BCUT2D eigenvalue weighted by Crippen LogP contribution is 2.16. The lowest BCUT2D eigenvalue weighted by atomic mass is 9.97. The van der Waals surface area contributed by atoms with Crippen LogP contribution in [0.15, 0.2) is 21.9 Å². The monoisotopic (exact) mass is 303 g/mol. The zero-order valence-corrected chi connectivity index (χ0v) is 12.0. The Bertz CT molecular complexity index is 801. The molecule has 0 bridgehead atoms. The average molecular weight is 303 g/mol. The number of aryl methyl sites for hydroxylation is 2. The largest absolute Gasteiger partial charge is 0.349 e. The second-order valence-corrected chi connectivity index (χ2v) is 5.30. The van der Waals surface area contributed by atoms with E-state index in [4.69, 9.17) is 0 Å². The third kappa shape index (κ3) is 3.00. The lowest BCUT2D eigenvalue weighted by Crippen LogP contribution is -2.33. The first kappa shape index (κ1) is 14.3. The Hall–Kier alpha value is -2.64. The standard InChI is InChI=1S/C14H17N5O3/c20-12-7-9-3-1-2-4-10(9)18-19(12)6-5-15-13(21)11-8-16-14(22)17-11/h7-8H,1-6H2,(H,15,21)(H2,16,17,22). The van der Waals surface area contributed by atoms with Crippen molar-refractivity contribution < 1.29 is 4.79 Å². The second kappa shape index (κ2) is 6.00. The summed E-state index contributed by atoms with van der Waals surface area (Å²) in [6.07, 6.45) is 5.31. The van der Waals surface area contributed by atoms with E-state index in [2.05, 4.69) is 20.4 Å². The Morgan fingerprint density at radius 3 is 2.91 bits per heavy atom. The number of fused-ring (bicyclic) bond motifs is 1. The second-order valence-electron chi connectivity index (χ2n) is 5.30. The van der Waals surface area contributed by atoms with Crippen molar-refractivity contribution in [2.45, 2.75) is 32.2 Å². The van der Waals surface area contributed by atoms with Gasteiger partial charge in [-0.1, -0.05) is 0 Å². The predicted molar refractivity (Wildman–Crippen MR) is 78.9 cm³/mol. The highest BCUT2D eigenvalue weighted by molar-refractivity contribution is 5.91. The minimum absolute atomic E-state index is 0.148. The highest BCUT2D eigenvalue weighted by atomic mass is 16.2. The average Bonchev–Trinajstić information content (AvgIpc) is 2.94. The molecule has 2 aromatic rings. The van der Waals surface area contributed by atoms with E-state index in [0.717, 1.165) is 36.9 Å². The summed E-state index contributed by atoms with van der Waals surface area (Å²) in [7, 11) is 0. The molecular weight excluding hydrogens is 286 g/mol. The molecule has 8 heteroatoms. The van der Waals surface area contributed by atoms with Crippen LogP contribution in [0.4, 0.5) is 0 Å². The van der Waals surface area contributed by atoms with Crippen molar-refractivity contribution in [3.05, 3.63) is 50.1 Å². The number of imidazole rings is 1. The number of H-pyrrole nitrogens is 2. The number of hydrogen-bond acceptors (Lipinski definition) is 4. The van der Waals surface area contributed by atoms with Crippen molar-refractivity contribution in [3.8, 4) is 0 Å². The number of rotatable bonds is 4. The van der Waals surface area contributed by atoms with Gasteiger partial charge in [0.1, 0.15) is 5.69 Å². The van der Waals surface area contributed by atoms with E-state index < -0.39 is 11.6 Å². The fraction of sp³-hybridized carbons (Fsp3) is 0.429. The van der Waals surface area contributed by atoms with E-state index in [1.54, 1.807) is 6.07 Å². The van der Waals surface area contributed by atoms with E-state index in [1.165, 1.54) is 10.9 Å². The molecule has 0 aromatic carbocycles. The molecular formula is C14H17N5O3. The minimum atomic E-state index is -0.433. The third-order valence-electron chi connectivity index (χ3n) is 3.72. The summed E-state index contributed by atoms with van der Waals surface area (Å²) < 4.78 is 1.38. The van der Waals surface area contributed by atoms with Gasteiger partial charge in [-0.3, -0.25) is 9.59 Å². The van der Waals surface area contributed by atoms with Crippen LogP contribution in [-0.2, 0) is 19.4 Å². The summed E-state index contributed by atoms with van der Waals surface area (Å²) in [6.45, 7) is 0.560. The fourth-order valence-electron chi connectivity index (χ4n) is 2.59. The van der Waals surface area contributed by atoms with Crippen LogP contribution in [0.5, 0.6) is 0 Å². The Balaban J connectivity index is 1.63. The number of hydrogen-bond donors (Lipinski definition) is 3. The van der Waals surface area contributed by atoms with Crippen molar-refractivity contribution in [1.82, 2.24) is 25.1 Å². The molecule has 0 spiro atoms. The number of carbonyl (C=O) groups excluding carboxylic acids is 1. The molecule has 8 nitrogen and oxygen atoms in total. The zero-order chi connectivity index (χ0) is 15.5. The van der Waals surface area contributed by atoms with E-state index in [-0.39, 0.29) is 17.8 Å². The van der Waals surface area contributed by atoms with Crippen molar-refractivity contribution in [2.75, 3.05) is 6.54 Å². The first-order valence-corrected chi connectivity index (χ1v) is 7.29. The molecule has 3 N–H and O–H groups in total. The van der Waals surface area contributed by atoms with Crippen LogP contribution in [0.2, 0.25) is 0 Å². The van der Waals surface area contributed by atoms with Gasteiger partial charge in [0.05, 0.1) is 12.2 Å². The number of amides is 1. The first-order chi connectivity index (χ1) is 10.6. The van der Waals surface area contributed by atoms with Crippen LogP contribution in [0.1, 0.15) is 34.6 Å². The molecule has 0 aliphatic heterocycles. The van der Waals surface area contributed by atoms with Gasteiger partial charge in [0.2, 0.25) is 0 Å². The molecule has 0 saturated carbocycles. The van der Waals surface area contributed by atoms with Crippen LogP contribution >= 0.6 is 0 Å². The van der Waals surface area contributed by atoms with Gasteiger partial charge in [-0.15, -0.1) is 0 Å². The Kier molecular flexibility index (Phi) is 3.90. The van der Waals surface area contributed by atoms with Crippen LogP contribution in [0.3, 0.4) is 0 Å². The van der Waals surface area contributed by atoms with E-state index in [9.17, 15) is 14.4 Å². The number of nitrogens with one attached hydrogen (secondary N) is 3. The topological polar surface area (TPSA) is 113 Å². The first-order valence-electron chi connectivity index (χ1n) is 7.29. The molecule has 1 aliphatic rings. The number of nitrogens with zero attached hydrogens (tertiary/aromatic N) is 2. The lowest BCUT2D eigenvalue weighted by Gasteiger charge is -2.15. The molecule has 1 aliphatic carbocycles. The van der Waals surface area contributed by atoms with Crippen LogP contribution < -0.4 is 16.6 Å². The molecule has 22 heavy (non-hydrogen) atoms. The Labute approximate surface area is 125 Å². The van der Waals surface area contributed by atoms with Gasteiger partial charge in [-0.25, -0.2) is 9.48 Å². The summed E-state index contributed by atoms with van der Waals surface area (Å²) in [4.78, 5) is 39.4. The highest BCUT2D eigenvalue weighted by Gasteiger charge is 2.13. The summed E-state index contributed by atoms with van der Waals surface area (Å²) in [5.74, 6) is -0.399. The molecule has 0 radical (unpaired) electrons. The molecule has 0 atom stereocenters. The normalized spacial score (nSPS) is 13.6. The van der Waals surface area contributed by atoms with Crippen LogP contribution in [0.25, 0.3) is 0 Å². The van der Waals surface area contributed by atoms with Gasteiger partial charge >= 0.3 is 5.69 Å². The van der Waals surface area contributed by atoms with E-state index in [0.29, 0.717) is 6.54 Å². The molecule has 0 fully saturated rings. The molecule has 1 amide bonds. The van der Waals surface area contributed by atoms with Crippen LogP contribution in [-0.4, -0.2) is 32.2 Å². The van der Waals surface area contributed by atoms with Gasteiger partial charge in [-0.2, -0.15) is 5.10 Å². The van der Waals surface area contributed by atoms with Crippen molar-refractivity contribution >= 4 is 5.91 Å². The lowest BCUT2D eigenvalue weighted by molar-refractivity contribution is 0.0947. The third-order valence-corrected chi connectivity index (χ3v) is 3.72. The van der Waals surface area contributed by atoms with Gasteiger partial charge in [-0.05, 0) is 31.2 Å². The Morgan fingerprint density at radius 1 is 1.32 bits per heavy atom.